The van der Waals surface area contributed by atoms with Crippen molar-refractivity contribution in [3.63, 3.8) is 0 Å². The van der Waals surface area contributed by atoms with E-state index in [4.69, 9.17) is 25.2 Å². The van der Waals surface area contributed by atoms with Crippen LogP contribution in [0.1, 0.15) is 23.6 Å². The Bertz CT molecular complexity index is 1580. The number of ether oxygens (including phenoxy) is 6. The summed E-state index contributed by atoms with van der Waals surface area (Å²) in [5.74, 6) is 0.233. The van der Waals surface area contributed by atoms with Gasteiger partial charge in [-0.05, 0) is 98.1 Å². The topological polar surface area (TPSA) is 135 Å². The smallest absolute Gasteiger partial charge is 0.453 e. The van der Waals surface area contributed by atoms with Crippen LogP contribution in [0.5, 0.6) is 34.5 Å². The van der Waals surface area contributed by atoms with E-state index < -0.39 is 18.9 Å². The van der Waals surface area contributed by atoms with Crippen molar-refractivity contribution in [1.82, 2.24) is 0 Å². The molecule has 4 N–H and O–H groups in total. The van der Waals surface area contributed by atoms with Crippen molar-refractivity contribution in [2.75, 3.05) is 11.5 Å². The summed E-state index contributed by atoms with van der Waals surface area (Å²) in [6.07, 6.45) is -9.90. The molecule has 1 saturated heterocycles. The maximum atomic E-state index is 12.7. The molecule has 0 unspecified atom stereocenters. The molecule has 7 rings (SSSR count). The number of rotatable bonds is 1. The fraction of sp³-hybridized carbons (Fsp3) is 0.357. The van der Waals surface area contributed by atoms with E-state index in [0.717, 1.165) is 17.5 Å². The van der Waals surface area contributed by atoms with Gasteiger partial charge in [-0.3, -0.25) is 0 Å². The minimum atomic E-state index is -3.60. The van der Waals surface area contributed by atoms with Crippen molar-refractivity contribution in [2.45, 2.75) is 66.5 Å². The molecular weight excluding hydrogens is 735 g/mol. The van der Waals surface area contributed by atoms with E-state index in [0.29, 0.717) is 16.9 Å². The number of alkyl halides is 6. The van der Waals surface area contributed by atoms with Gasteiger partial charge in [-0.25, -0.2) is 0 Å². The number of nitrogens with two attached hydrogens (primary N) is 2. The molecule has 49 heavy (non-hydrogen) atoms. The number of benzene rings is 3. The van der Waals surface area contributed by atoms with E-state index in [2.05, 4.69) is 44.4 Å². The molecule has 3 aromatic carbocycles. The molecule has 4 aliphatic rings. The number of halogens is 7. The highest BCUT2D eigenvalue weighted by Crippen LogP contribution is 2.48. The summed E-state index contributed by atoms with van der Waals surface area (Å²) in [6, 6.07) is 8.93. The molecule has 4 aliphatic heterocycles. The molecule has 0 amide bonds. The second-order valence-corrected chi connectivity index (χ2v) is 11.3. The monoisotopic (exact) mass is 764 g/mol. The third-order valence-corrected chi connectivity index (χ3v) is 7.68. The van der Waals surface area contributed by atoms with Gasteiger partial charge in [0, 0.05) is 16.9 Å². The van der Waals surface area contributed by atoms with Gasteiger partial charge in [0.05, 0.1) is 4.47 Å². The molecule has 4 heterocycles. The zero-order valence-corrected chi connectivity index (χ0v) is 28.5. The van der Waals surface area contributed by atoms with E-state index >= 15 is 0 Å². The van der Waals surface area contributed by atoms with Crippen molar-refractivity contribution in [3.8, 4) is 34.5 Å². The van der Waals surface area contributed by atoms with Gasteiger partial charge in [0.15, 0.2) is 34.5 Å². The van der Waals surface area contributed by atoms with E-state index in [1.165, 1.54) is 30.3 Å². The van der Waals surface area contributed by atoms with Crippen molar-refractivity contribution in [2.24, 2.45) is 0 Å². The molecule has 0 atom stereocenters. The van der Waals surface area contributed by atoms with Crippen LogP contribution in [0.2, 0.25) is 20.5 Å². The van der Waals surface area contributed by atoms with Crippen LogP contribution in [0.25, 0.3) is 0 Å². The summed E-state index contributed by atoms with van der Waals surface area (Å²) in [7, 11) is -0.406. The molecule has 1 fully saturated rings. The molecule has 11 nitrogen and oxygen atoms in total. The Labute approximate surface area is 286 Å². The van der Waals surface area contributed by atoms with Gasteiger partial charge in [0.2, 0.25) is 0 Å². The second kappa shape index (κ2) is 14.6. The van der Waals surface area contributed by atoms with Gasteiger partial charge in [-0.15, -0.1) is 26.3 Å². The summed E-state index contributed by atoms with van der Waals surface area (Å²) in [4.78, 5) is 0. The van der Waals surface area contributed by atoms with Gasteiger partial charge in [0.1, 0.15) is 0 Å². The lowest BCUT2D eigenvalue weighted by Crippen LogP contribution is -2.44. The normalized spacial score (nSPS) is 18.0. The fourth-order valence-corrected chi connectivity index (χ4v) is 5.03. The highest BCUT2D eigenvalue weighted by molar-refractivity contribution is 9.10. The third-order valence-electron chi connectivity index (χ3n) is 6.86. The van der Waals surface area contributed by atoms with Crippen LogP contribution < -0.4 is 39.9 Å². The average molecular weight is 765 g/mol. The van der Waals surface area contributed by atoms with Gasteiger partial charge < -0.3 is 53.6 Å². The van der Waals surface area contributed by atoms with Gasteiger partial charge in [0.25, 0.3) is 0 Å². The van der Waals surface area contributed by atoms with Crippen LogP contribution >= 0.6 is 15.9 Å². The highest BCUT2D eigenvalue weighted by atomic mass is 79.9. The highest BCUT2D eigenvalue weighted by Gasteiger charge is 2.46. The summed E-state index contributed by atoms with van der Waals surface area (Å²) >= 11 is 3.02. The molecule has 0 spiro atoms. The maximum absolute atomic E-state index is 12.7. The molecule has 3 aromatic rings. The summed E-state index contributed by atoms with van der Waals surface area (Å²) < 4.78 is 117. The van der Waals surface area contributed by atoms with Crippen LogP contribution in [0.15, 0.2) is 40.9 Å². The summed E-state index contributed by atoms with van der Waals surface area (Å²) in [5, 5.41) is 0. The maximum Gasteiger partial charge on any atom is 0.586 e. The van der Waals surface area contributed by atoms with E-state index in [1.54, 1.807) is 19.9 Å². The third kappa shape index (κ3) is 9.46. The Kier molecular flexibility index (Phi) is 11.3. The number of fused-ring (bicyclic) bond motifs is 3. The van der Waals surface area contributed by atoms with Gasteiger partial charge >= 0.3 is 40.2 Å². The zero-order valence-electron chi connectivity index (χ0n) is 26.9. The predicted molar refractivity (Wildman–Crippen MR) is 171 cm³/mol. The predicted octanol–water partition coefficient (Wildman–Crippen LogP) is 7.53. The molecular formula is C28H30B3BrF6N2O9. The molecule has 0 saturated carbocycles. The first-order chi connectivity index (χ1) is 22.7. The first kappa shape index (κ1) is 38.0. The zero-order chi connectivity index (χ0) is 36.5. The van der Waals surface area contributed by atoms with Crippen LogP contribution in [-0.4, -0.2) is 40.2 Å². The number of hydrogen-bond donors (Lipinski definition) is 2. The first-order valence-corrected chi connectivity index (χ1v) is 15.3. The quantitative estimate of drug-likeness (QED) is 0.145. The number of anilines is 2. The number of hydrogen-bond acceptors (Lipinski definition) is 11. The van der Waals surface area contributed by atoms with Crippen LogP contribution in [0.4, 0.5) is 37.7 Å². The average Bonchev–Trinajstić information content (AvgIpc) is 3.61. The lowest BCUT2D eigenvalue weighted by atomic mass is 9.74. The van der Waals surface area contributed by atoms with Crippen LogP contribution in [0.3, 0.4) is 0 Å². The molecule has 21 heteroatoms. The van der Waals surface area contributed by atoms with E-state index in [-0.39, 0.29) is 60.3 Å². The Morgan fingerprint density at radius 3 is 1.39 bits per heavy atom. The number of aryl methyl sites for hydroxylation is 1. The molecule has 0 bridgehead atoms. The molecule has 0 aliphatic carbocycles. The van der Waals surface area contributed by atoms with Crippen LogP contribution in [-0.2, 0) is 20.1 Å². The van der Waals surface area contributed by atoms with E-state index in [1.807, 2.05) is 27.4 Å². The second-order valence-electron chi connectivity index (χ2n) is 10.5. The van der Waals surface area contributed by atoms with Gasteiger partial charge in [-0.2, -0.15) is 0 Å². The van der Waals surface area contributed by atoms with Crippen molar-refractivity contribution in [1.29, 1.82) is 0 Å². The van der Waals surface area contributed by atoms with E-state index in [9.17, 15) is 26.3 Å². The lowest BCUT2D eigenvalue weighted by Gasteiger charge is -2.25. The standard InChI is InChI=1S/C10H10F2O2.C8H7F2NO2.C7H4BrF2NO2.C3H9B3O3/c1-3-7-4-5-8-9(6(7)2)14-10(11,12)13-8;1-4-5(11)2-3-6-7(4)13-8(9,10)12-6;8-5-3(11)1-2-4-6(5)13-7(9,10)12-4;1-4-7-5(2)9-6(3)8-4/h4-5H,3H2,1-2H3;2-3H,11H2,1H3;1-2H,11H2;1-3H3. The first-order valence-electron chi connectivity index (χ1n) is 14.5. The Hall–Kier alpha value is -3.81. The molecule has 264 valence electrons. The summed E-state index contributed by atoms with van der Waals surface area (Å²) in [6.45, 7) is 10.9. The van der Waals surface area contributed by atoms with Crippen LogP contribution in [0, 0.1) is 13.8 Å². The largest absolute Gasteiger partial charge is 0.586 e. The van der Waals surface area contributed by atoms with Crippen molar-refractivity contribution in [3.05, 3.63) is 57.6 Å². The Balaban J connectivity index is 0.000000149. The summed E-state index contributed by atoms with van der Waals surface area (Å²) in [5.41, 5.74) is 13.9. The van der Waals surface area contributed by atoms with Crippen molar-refractivity contribution >= 4 is 48.7 Å². The molecule has 0 aromatic heterocycles. The minimum absolute atomic E-state index is 0.0185. The Morgan fingerprint density at radius 2 is 0.939 bits per heavy atom. The van der Waals surface area contributed by atoms with Gasteiger partial charge in [-0.1, -0.05) is 13.0 Å². The van der Waals surface area contributed by atoms with Crippen molar-refractivity contribution < 1.29 is 68.5 Å². The lowest BCUT2D eigenvalue weighted by molar-refractivity contribution is -0.287. The number of nitrogen functional groups attached to an aromatic ring is 2. The Morgan fingerprint density at radius 1 is 0.571 bits per heavy atom. The minimum Gasteiger partial charge on any atom is -0.453 e. The fourth-order valence-electron chi connectivity index (χ4n) is 4.62. The SMILES string of the molecule is CB1OB(C)OB(C)O1.CCc1ccc2c(c1C)OC(F)(F)O2.Cc1c(N)ccc2c1OC(F)(F)O2.Nc1ccc2c(c1Br)OC(F)(F)O2. The molecule has 0 radical (unpaired) electrons.